The smallest absolute Gasteiger partial charge is 0.232 e. The molecule has 9 nitrogen and oxygen atoms in total. The average molecular weight is 472 g/mol. The molecule has 0 aliphatic carbocycles. The van der Waals surface area contributed by atoms with Gasteiger partial charge in [0.2, 0.25) is 11.8 Å². The Labute approximate surface area is 204 Å². The molecule has 9 heteroatoms. The summed E-state index contributed by atoms with van der Waals surface area (Å²) in [4.78, 5) is 23.1. The number of anilines is 2. The van der Waals surface area contributed by atoms with Gasteiger partial charge in [0.25, 0.3) is 0 Å². The van der Waals surface area contributed by atoms with Crippen molar-refractivity contribution in [3.05, 3.63) is 60.8 Å². The maximum atomic E-state index is 6.43. The van der Waals surface area contributed by atoms with Crippen LogP contribution in [0.15, 0.2) is 49.7 Å². The van der Waals surface area contributed by atoms with Crippen LogP contribution in [-0.4, -0.2) is 63.2 Å². The maximum Gasteiger partial charge on any atom is 0.232 e. The second-order valence-corrected chi connectivity index (χ2v) is 8.83. The van der Waals surface area contributed by atoms with E-state index in [0.717, 1.165) is 51.9 Å². The van der Waals surface area contributed by atoms with Crippen LogP contribution in [-0.2, 0) is 4.74 Å². The van der Waals surface area contributed by atoms with Crippen LogP contribution in [0.5, 0.6) is 5.88 Å². The molecule has 1 aliphatic rings. The highest BCUT2D eigenvalue weighted by atomic mass is 16.5. The van der Waals surface area contributed by atoms with Crippen LogP contribution in [0.25, 0.3) is 27.9 Å². The second kappa shape index (κ2) is 9.71. The number of aromatic nitrogens is 5. The van der Waals surface area contributed by atoms with Gasteiger partial charge in [-0.25, -0.2) is 9.97 Å². The molecule has 4 heterocycles. The van der Waals surface area contributed by atoms with Crippen molar-refractivity contribution in [1.29, 1.82) is 0 Å². The molecule has 0 unspecified atom stereocenters. The molecule has 1 saturated heterocycles. The van der Waals surface area contributed by atoms with Gasteiger partial charge in [0.1, 0.15) is 18.1 Å². The Morgan fingerprint density at radius 3 is 2.66 bits per heavy atom. The summed E-state index contributed by atoms with van der Waals surface area (Å²) < 4.78 is 11.9. The largest absolute Gasteiger partial charge is 0.474 e. The number of benzene rings is 1. The van der Waals surface area contributed by atoms with Crippen LogP contribution < -0.4 is 10.1 Å². The molecule has 0 saturated carbocycles. The third-order valence-corrected chi connectivity index (χ3v) is 6.16. The van der Waals surface area contributed by atoms with E-state index in [1.165, 1.54) is 6.33 Å². The number of H-pyrrole nitrogens is 1. The van der Waals surface area contributed by atoms with Gasteiger partial charge in [0.15, 0.2) is 0 Å². The minimum atomic E-state index is 0.0301. The summed E-state index contributed by atoms with van der Waals surface area (Å²) in [5.74, 6) is 0.985. The Balaban J connectivity index is 1.52. The van der Waals surface area contributed by atoms with E-state index < -0.39 is 0 Å². The molecule has 1 aromatic carbocycles. The van der Waals surface area contributed by atoms with E-state index in [4.69, 9.17) is 19.4 Å². The van der Waals surface area contributed by atoms with Crippen LogP contribution in [0.4, 0.5) is 11.6 Å². The zero-order valence-corrected chi connectivity index (χ0v) is 20.2. The molecule has 0 bridgehead atoms. The highest BCUT2D eigenvalue weighted by Crippen LogP contribution is 2.35. The lowest BCUT2D eigenvalue weighted by molar-refractivity contribution is 0.0245. The molecule has 0 atom stereocenters. The number of nitrogens with one attached hydrogen (secondary N) is 2. The van der Waals surface area contributed by atoms with Crippen molar-refractivity contribution < 1.29 is 9.47 Å². The zero-order chi connectivity index (χ0) is 24.4. The summed E-state index contributed by atoms with van der Waals surface area (Å²) in [7, 11) is 3.97. The number of nitrogens with zero attached hydrogens (tertiary/aromatic N) is 5. The topological polar surface area (TPSA) is 101 Å². The first-order valence-corrected chi connectivity index (χ1v) is 11.6. The first kappa shape index (κ1) is 22.8. The number of rotatable bonds is 7. The highest BCUT2D eigenvalue weighted by Gasteiger charge is 2.22. The lowest BCUT2D eigenvalue weighted by Gasteiger charge is -2.23. The van der Waals surface area contributed by atoms with Crippen LogP contribution in [0.1, 0.15) is 24.0 Å². The predicted octanol–water partition coefficient (Wildman–Crippen LogP) is 4.56. The molecular weight excluding hydrogens is 442 g/mol. The second-order valence-electron chi connectivity index (χ2n) is 8.83. The predicted molar refractivity (Wildman–Crippen MR) is 137 cm³/mol. The van der Waals surface area contributed by atoms with Gasteiger partial charge in [-0.1, -0.05) is 12.6 Å². The summed E-state index contributed by atoms with van der Waals surface area (Å²) >= 11 is 0. The number of fused-ring (bicyclic) bond motifs is 1. The Morgan fingerprint density at radius 2 is 1.94 bits per heavy atom. The van der Waals surface area contributed by atoms with Crippen molar-refractivity contribution in [1.82, 2.24) is 29.8 Å². The molecule has 2 N–H and O–H groups in total. The molecule has 4 aromatic rings. The lowest BCUT2D eigenvalue weighted by Crippen LogP contribution is -2.26. The Hall–Kier alpha value is -3.98. The maximum absolute atomic E-state index is 6.43. The van der Waals surface area contributed by atoms with E-state index in [0.29, 0.717) is 30.7 Å². The molecule has 1 fully saturated rings. The molecule has 5 rings (SSSR count). The zero-order valence-electron chi connectivity index (χ0n) is 20.2. The molecular formula is C26H29N7O2. The molecule has 180 valence electrons. The number of ether oxygens (including phenoxy) is 2. The van der Waals surface area contributed by atoms with Gasteiger partial charge in [0, 0.05) is 68.0 Å². The third-order valence-electron chi connectivity index (χ3n) is 6.16. The summed E-state index contributed by atoms with van der Waals surface area (Å²) in [6.07, 6.45) is 8.61. The van der Waals surface area contributed by atoms with Gasteiger partial charge in [-0.15, -0.1) is 0 Å². The summed E-state index contributed by atoms with van der Waals surface area (Å²) in [5, 5.41) is 4.18. The number of aromatic amines is 1. The van der Waals surface area contributed by atoms with Gasteiger partial charge < -0.3 is 24.7 Å². The summed E-state index contributed by atoms with van der Waals surface area (Å²) in [5.41, 5.74) is 6.45. The minimum Gasteiger partial charge on any atom is -0.474 e. The van der Waals surface area contributed by atoms with Crippen molar-refractivity contribution in [2.75, 3.05) is 32.6 Å². The first-order chi connectivity index (χ1) is 17.0. The molecule has 0 amide bonds. The molecule has 0 spiro atoms. The Bertz CT molecular complexity index is 1340. The van der Waals surface area contributed by atoms with Gasteiger partial charge in [-0.05, 0) is 30.2 Å². The first-order valence-electron chi connectivity index (χ1n) is 11.6. The summed E-state index contributed by atoms with van der Waals surface area (Å²) in [6, 6.07) is 6.16. The van der Waals surface area contributed by atoms with Crippen molar-refractivity contribution in [3.8, 4) is 17.0 Å². The lowest BCUT2D eigenvalue weighted by atomic mass is 10.1. The standard InChI is InChI=1S/C26H29N7O2/c1-16-11-18(17(2)33(3)4)5-6-22(16)30-26-31-24-23(21(14-29-24)19-12-27-15-28-13-19)25(32-26)35-20-7-9-34-10-8-20/h5-6,11-15,20H,2,7-10H2,1,3-4H3,(H2,29,30,31,32). The average Bonchev–Trinajstić information content (AvgIpc) is 3.30. The van der Waals surface area contributed by atoms with Gasteiger partial charge in [-0.2, -0.15) is 9.97 Å². The normalized spacial score (nSPS) is 14.1. The molecule has 1 aliphatic heterocycles. The van der Waals surface area contributed by atoms with Crippen molar-refractivity contribution >= 4 is 28.4 Å². The van der Waals surface area contributed by atoms with Crippen LogP contribution in [0, 0.1) is 6.92 Å². The van der Waals surface area contributed by atoms with Crippen LogP contribution in [0.2, 0.25) is 0 Å². The number of hydrogen-bond acceptors (Lipinski definition) is 8. The minimum absolute atomic E-state index is 0.0301. The monoisotopic (exact) mass is 471 g/mol. The third kappa shape index (κ3) is 4.81. The highest BCUT2D eigenvalue weighted by molar-refractivity contribution is 5.97. The Morgan fingerprint density at radius 1 is 1.17 bits per heavy atom. The van der Waals surface area contributed by atoms with E-state index in [1.807, 2.05) is 37.3 Å². The van der Waals surface area contributed by atoms with E-state index in [9.17, 15) is 0 Å². The van der Waals surface area contributed by atoms with Crippen molar-refractivity contribution in [2.45, 2.75) is 25.9 Å². The van der Waals surface area contributed by atoms with Crippen molar-refractivity contribution in [2.24, 2.45) is 0 Å². The van der Waals surface area contributed by atoms with Gasteiger partial charge in [-0.3, -0.25) is 0 Å². The van der Waals surface area contributed by atoms with E-state index in [2.05, 4.69) is 39.8 Å². The van der Waals surface area contributed by atoms with E-state index in [-0.39, 0.29) is 6.10 Å². The van der Waals surface area contributed by atoms with Gasteiger partial charge in [0.05, 0.1) is 18.6 Å². The van der Waals surface area contributed by atoms with E-state index in [1.54, 1.807) is 12.4 Å². The van der Waals surface area contributed by atoms with Crippen LogP contribution >= 0.6 is 0 Å². The Kier molecular flexibility index (Phi) is 6.33. The van der Waals surface area contributed by atoms with Crippen LogP contribution in [0.3, 0.4) is 0 Å². The van der Waals surface area contributed by atoms with Crippen molar-refractivity contribution in [3.63, 3.8) is 0 Å². The number of aryl methyl sites for hydroxylation is 1. The van der Waals surface area contributed by atoms with Gasteiger partial charge >= 0.3 is 0 Å². The fourth-order valence-corrected chi connectivity index (χ4v) is 4.12. The quantitative estimate of drug-likeness (QED) is 0.405. The SMILES string of the molecule is C=C(c1ccc(Nc2nc(OC3CCOCC3)c3c(-c4cncnc4)c[nH]c3n2)c(C)c1)N(C)C. The summed E-state index contributed by atoms with van der Waals surface area (Å²) in [6.45, 7) is 7.56. The molecule has 3 aromatic heterocycles. The van der Waals surface area contributed by atoms with E-state index >= 15 is 0 Å². The fraction of sp³-hybridized carbons (Fsp3) is 0.308. The molecule has 0 radical (unpaired) electrons. The molecule has 35 heavy (non-hydrogen) atoms. The number of hydrogen-bond donors (Lipinski definition) is 2. The fourth-order valence-electron chi connectivity index (χ4n) is 4.12.